The van der Waals surface area contributed by atoms with Gasteiger partial charge in [0.05, 0.1) is 18.1 Å². The second kappa shape index (κ2) is 11.7. The normalized spacial score (nSPS) is 24.7. The number of anilines is 1. The van der Waals surface area contributed by atoms with Crippen LogP contribution in [0.4, 0.5) is 5.69 Å². The fourth-order valence-corrected chi connectivity index (χ4v) is 5.31. The number of fused-ring (bicyclic) bond motifs is 1. The van der Waals surface area contributed by atoms with E-state index in [0.29, 0.717) is 17.1 Å². The van der Waals surface area contributed by atoms with E-state index < -0.39 is 0 Å². The van der Waals surface area contributed by atoms with Crippen molar-refractivity contribution in [3.63, 3.8) is 0 Å². The van der Waals surface area contributed by atoms with Gasteiger partial charge in [-0.3, -0.25) is 4.99 Å². The van der Waals surface area contributed by atoms with Gasteiger partial charge in [-0.1, -0.05) is 49.7 Å². The van der Waals surface area contributed by atoms with E-state index in [1.165, 1.54) is 44.2 Å². The molecule has 1 unspecified atom stereocenters. The minimum Gasteiger partial charge on any atom is -0.489 e. The predicted molar refractivity (Wildman–Crippen MR) is 147 cm³/mol. The van der Waals surface area contributed by atoms with Gasteiger partial charge in [-0.25, -0.2) is 5.43 Å². The summed E-state index contributed by atoms with van der Waals surface area (Å²) in [7, 11) is 0. The summed E-state index contributed by atoms with van der Waals surface area (Å²) in [5, 5.41) is 3.65. The molecule has 1 aliphatic carbocycles. The molecule has 6 nitrogen and oxygen atoms in total. The number of hydrogen-bond acceptors (Lipinski definition) is 5. The van der Waals surface area contributed by atoms with Crippen molar-refractivity contribution in [1.29, 1.82) is 0 Å². The maximum atomic E-state index is 6.06. The molecule has 2 aliphatic heterocycles. The molecular weight excluding hydrogens is 446 g/mol. The van der Waals surface area contributed by atoms with Gasteiger partial charge in [0.1, 0.15) is 18.1 Å². The largest absolute Gasteiger partial charge is 0.489 e. The topological polar surface area (TPSA) is 58.0 Å². The van der Waals surface area contributed by atoms with Crippen molar-refractivity contribution in [2.24, 2.45) is 21.8 Å². The summed E-state index contributed by atoms with van der Waals surface area (Å²) in [4.78, 5) is 9.43. The molecule has 0 bridgehead atoms. The number of rotatable bonds is 11. The monoisotopic (exact) mass is 484 g/mol. The molecule has 1 fully saturated rings. The third-order valence-electron chi connectivity index (χ3n) is 7.39. The van der Waals surface area contributed by atoms with Gasteiger partial charge in [0.25, 0.3) is 0 Å². The van der Waals surface area contributed by atoms with Crippen molar-refractivity contribution in [2.75, 3.05) is 18.5 Å². The van der Waals surface area contributed by atoms with Crippen LogP contribution in [-0.2, 0) is 6.61 Å². The number of nitrogens with one attached hydrogen (secondary N) is 2. The molecule has 6 heteroatoms. The summed E-state index contributed by atoms with van der Waals surface area (Å²) in [5.41, 5.74) is 8.12. The minimum atomic E-state index is 0.361. The summed E-state index contributed by atoms with van der Waals surface area (Å²) in [5.74, 6) is 2.11. The first kappa shape index (κ1) is 24.5. The summed E-state index contributed by atoms with van der Waals surface area (Å²) in [6.45, 7) is 5.08. The van der Waals surface area contributed by atoms with Crippen LogP contribution >= 0.6 is 0 Å². The molecule has 2 aromatic carbocycles. The Hall–Kier alpha value is -3.22. The molecular formula is C30H38N5O+. The summed E-state index contributed by atoms with van der Waals surface area (Å²) >= 11 is 0. The molecule has 188 valence electrons. The van der Waals surface area contributed by atoms with Gasteiger partial charge in [-0.2, -0.15) is 4.99 Å². The van der Waals surface area contributed by atoms with Crippen LogP contribution in [0.3, 0.4) is 0 Å². The lowest BCUT2D eigenvalue weighted by Crippen LogP contribution is -2.45. The first-order valence-corrected chi connectivity index (χ1v) is 13.4. The van der Waals surface area contributed by atoms with E-state index in [2.05, 4.69) is 53.1 Å². The van der Waals surface area contributed by atoms with E-state index in [1.54, 1.807) is 0 Å². The standard InChI is InChI=1S/C30H38N5O/c1-2-3-16-31-20-24-12-14-26(15-13-24)30-29-21-32-17-18-35(29,23-33-30)34-27-10-7-11-28(19-27)36-22-25-8-5-4-6-9-25/h4-11,17-19,21,23-24,26,31,34H,2-3,12-16,20,22H2,1H3/q+1. The average Bonchev–Trinajstić information content (AvgIpc) is 3.30. The third kappa shape index (κ3) is 5.77. The van der Waals surface area contributed by atoms with Crippen LogP contribution in [0, 0.1) is 11.8 Å². The van der Waals surface area contributed by atoms with Crippen LogP contribution in [0.25, 0.3) is 0 Å². The first-order valence-electron chi connectivity index (χ1n) is 13.4. The highest BCUT2D eigenvalue weighted by atomic mass is 16.5. The zero-order chi connectivity index (χ0) is 24.6. The van der Waals surface area contributed by atoms with Crippen LogP contribution in [-0.4, -0.2) is 30.2 Å². The van der Waals surface area contributed by atoms with Gasteiger partial charge in [0, 0.05) is 12.0 Å². The van der Waals surface area contributed by atoms with Crippen LogP contribution in [0.2, 0.25) is 0 Å². The first-order chi connectivity index (χ1) is 17.8. The number of nitrogens with zero attached hydrogens (tertiary/aromatic N) is 3. The number of unbranched alkanes of at least 4 members (excludes halogenated alkanes) is 1. The zero-order valence-corrected chi connectivity index (χ0v) is 21.3. The van der Waals surface area contributed by atoms with Gasteiger partial charge < -0.3 is 10.1 Å². The second-order valence-electron chi connectivity index (χ2n) is 10.1. The number of ether oxygens (including phenoxy) is 1. The van der Waals surface area contributed by atoms with E-state index in [-0.39, 0.29) is 0 Å². The molecule has 0 spiro atoms. The van der Waals surface area contributed by atoms with Crippen molar-refractivity contribution >= 4 is 18.2 Å². The molecule has 0 amide bonds. The van der Waals surface area contributed by atoms with Crippen LogP contribution < -0.4 is 15.5 Å². The molecule has 5 rings (SSSR count). The second-order valence-corrected chi connectivity index (χ2v) is 10.1. The summed E-state index contributed by atoms with van der Waals surface area (Å²) in [6.07, 6.45) is 15.3. The SMILES string of the molecule is CCCCNCC1CCC(C2=C3C=NC=C[N+]3(Nc3cccc(OCc4ccccc4)c3)C=N2)CC1. The van der Waals surface area contributed by atoms with Crippen molar-refractivity contribution in [3.8, 4) is 5.75 Å². The van der Waals surface area contributed by atoms with Gasteiger partial charge in [-0.05, 0) is 68.8 Å². The number of allylic oxidation sites excluding steroid dienone is 2. The van der Waals surface area contributed by atoms with Crippen molar-refractivity contribution in [1.82, 2.24) is 5.32 Å². The van der Waals surface area contributed by atoms with E-state index in [9.17, 15) is 0 Å². The molecule has 36 heavy (non-hydrogen) atoms. The highest BCUT2D eigenvalue weighted by Gasteiger charge is 2.42. The van der Waals surface area contributed by atoms with Crippen LogP contribution in [0.5, 0.6) is 5.75 Å². The molecule has 0 aromatic heterocycles. The van der Waals surface area contributed by atoms with Gasteiger partial charge in [0.2, 0.25) is 12.0 Å². The quantitative estimate of drug-likeness (QED) is 0.286. The van der Waals surface area contributed by atoms with Crippen molar-refractivity contribution in [3.05, 3.63) is 84.0 Å². The predicted octanol–water partition coefficient (Wildman–Crippen LogP) is 6.41. The molecule has 2 heterocycles. The molecule has 0 saturated heterocycles. The van der Waals surface area contributed by atoms with E-state index in [4.69, 9.17) is 9.73 Å². The zero-order valence-electron chi connectivity index (χ0n) is 21.3. The number of benzene rings is 2. The molecule has 1 atom stereocenters. The average molecular weight is 485 g/mol. The highest BCUT2D eigenvalue weighted by molar-refractivity contribution is 5.84. The van der Waals surface area contributed by atoms with Crippen molar-refractivity contribution < 1.29 is 9.33 Å². The fourth-order valence-electron chi connectivity index (χ4n) is 5.31. The Bertz CT molecular complexity index is 1130. The number of quaternary nitrogens is 1. The Morgan fingerprint density at radius 2 is 1.89 bits per heavy atom. The van der Waals surface area contributed by atoms with Gasteiger partial charge in [0.15, 0.2) is 6.20 Å². The smallest absolute Gasteiger partial charge is 0.225 e. The van der Waals surface area contributed by atoms with Crippen molar-refractivity contribution in [2.45, 2.75) is 52.1 Å². The Balaban J connectivity index is 1.24. The molecule has 2 N–H and O–H groups in total. The minimum absolute atomic E-state index is 0.361. The van der Waals surface area contributed by atoms with E-state index >= 15 is 0 Å². The molecule has 3 aliphatic rings. The Labute approximate surface area is 215 Å². The number of hydrogen-bond donors (Lipinski definition) is 2. The molecule has 0 radical (unpaired) electrons. The number of aliphatic imine (C=N–C) groups is 2. The highest BCUT2D eigenvalue weighted by Crippen LogP contribution is 2.40. The molecule has 1 saturated carbocycles. The van der Waals surface area contributed by atoms with Crippen LogP contribution in [0.1, 0.15) is 51.0 Å². The Morgan fingerprint density at radius 3 is 2.72 bits per heavy atom. The maximum Gasteiger partial charge on any atom is 0.225 e. The lowest BCUT2D eigenvalue weighted by Gasteiger charge is -2.31. The van der Waals surface area contributed by atoms with Gasteiger partial charge in [-0.15, -0.1) is 4.59 Å². The summed E-state index contributed by atoms with van der Waals surface area (Å²) in [6, 6.07) is 18.4. The lowest BCUT2D eigenvalue weighted by atomic mass is 9.80. The Morgan fingerprint density at radius 1 is 1.03 bits per heavy atom. The third-order valence-corrected chi connectivity index (χ3v) is 7.39. The van der Waals surface area contributed by atoms with E-state index in [0.717, 1.165) is 41.7 Å². The lowest BCUT2D eigenvalue weighted by molar-refractivity contribution is -0.705. The van der Waals surface area contributed by atoms with E-state index in [1.807, 2.05) is 49.1 Å². The van der Waals surface area contributed by atoms with Crippen LogP contribution in [0.15, 0.2) is 88.4 Å². The Kier molecular flexibility index (Phi) is 7.94. The maximum absolute atomic E-state index is 6.06. The van der Waals surface area contributed by atoms with Gasteiger partial charge >= 0.3 is 0 Å². The molecule has 2 aromatic rings. The summed E-state index contributed by atoms with van der Waals surface area (Å²) < 4.78 is 6.42. The fraction of sp³-hybridized carbons (Fsp3) is 0.400.